The molecule has 0 saturated carbocycles. The van der Waals surface area contributed by atoms with Crippen LogP contribution in [0.1, 0.15) is 20.8 Å². The fourth-order valence-electron chi connectivity index (χ4n) is 0.631. The average molecular weight is 128 g/mol. The predicted octanol–water partition coefficient (Wildman–Crippen LogP) is 1.06. The molecule has 0 heterocycles. The van der Waals surface area contributed by atoms with E-state index < -0.39 is 0 Å². The molecule has 0 aromatic carbocycles. The molecular formula is C7H16N2. The van der Waals surface area contributed by atoms with Gasteiger partial charge in [-0.05, 0) is 12.8 Å². The topological polar surface area (TPSA) is 38.4 Å². The van der Waals surface area contributed by atoms with Gasteiger partial charge in [-0.3, -0.25) is 4.99 Å². The number of rotatable bonds is 2. The van der Waals surface area contributed by atoms with E-state index in [1.165, 1.54) is 0 Å². The molecule has 1 unspecified atom stereocenters. The van der Waals surface area contributed by atoms with Crippen molar-refractivity contribution in [3.8, 4) is 0 Å². The highest BCUT2D eigenvalue weighted by Gasteiger charge is 2.08. The van der Waals surface area contributed by atoms with Crippen molar-refractivity contribution >= 4 is 5.71 Å². The fourth-order valence-corrected chi connectivity index (χ4v) is 0.631. The first-order valence-corrected chi connectivity index (χ1v) is 3.28. The summed E-state index contributed by atoms with van der Waals surface area (Å²) in [5.41, 5.74) is 6.77. The lowest BCUT2D eigenvalue weighted by Gasteiger charge is -2.13. The first kappa shape index (κ1) is 8.63. The average Bonchev–Trinajstić information content (AvgIpc) is 1.84. The molecule has 0 fully saturated rings. The van der Waals surface area contributed by atoms with Crippen molar-refractivity contribution in [1.29, 1.82) is 0 Å². The lowest BCUT2D eigenvalue weighted by molar-refractivity contribution is 0.592. The highest BCUT2D eigenvalue weighted by Crippen LogP contribution is 1.99. The summed E-state index contributed by atoms with van der Waals surface area (Å²) in [6.07, 6.45) is 0. The predicted molar refractivity (Wildman–Crippen MR) is 41.8 cm³/mol. The van der Waals surface area contributed by atoms with Crippen molar-refractivity contribution in [3.05, 3.63) is 0 Å². The number of hydrogen-bond acceptors (Lipinski definition) is 2. The molecule has 0 aliphatic rings. The zero-order chi connectivity index (χ0) is 7.44. The maximum absolute atomic E-state index is 5.74. The Hall–Kier alpha value is -0.370. The summed E-state index contributed by atoms with van der Waals surface area (Å²) >= 11 is 0. The van der Waals surface area contributed by atoms with Gasteiger partial charge in [-0.1, -0.05) is 13.8 Å². The van der Waals surface area contributed by atoms with Crippen molar-refractivity contribution in [2.24, 2.45) is 16.6 Å². The van der Waals surface area contributed by atoms with Gasteiger partial charge in [0, 0.05) is 18.8 Å². The molecule has 0 rings (SSSR count). The summed E-state index contributed by atoms with van der Waals surface area (Å²) < 4.78 is 0. The quantitative estimate of drug-likeness (QED) is 0.555. The maximum Gasteiger partial charge on any atom is 0.0446 e. The molecule has 2 heteroatoms. The third-order valence-corrected chi connectivity index (χ3v) is 1.55. The Labute approximate surface area is 57.2 Å². The number of nitrogens with zero attached hydrogens (tertiary/aromatic N) is 1. The Kier molecular flexibility index (Phi) is 3.47. The summed E-state index contributed by atoms with van der Waals surface area (Å²) in [5.74, 6) is 0.494. The Morgan fingerprint density at radius 3 is 2.00 bits per heavy atom. The minimum Gasteiger partial charge on any atom is -0.323 e. The molecule has 0 aromatic rings. The second kappa shape index (κ2) is 3.62. The van der Waals surface area contributed by atoms with Gasteiger partial charge in [0.05, 0.1) is 0 Å². The van der Waals surface area contributed by atoms with Crippen LogP contribution in [0.4, 0.5) is 0 Å². The van der Waals surface area contributed by atoms with Gasteiger partial charge in [-0.15, -0.1) is 0 Å². The van der Waals surface area contributed by atoms with E-state index >= 15 is 0 Å². The molecule has 0 amide bonds. The minimum atomic E-state index is 0.134. The van der Waals surface area contributed by atoms with Crippen LogP contribution in [0.3, 0.4) is 0 Å². The van der Waals surface area contributed by atoms with E-state index in [4.69, 9.17) is 5.73 Å². The molecule has 0 saturated heterocycles. The Balaban J connectivity index is 3.88. The summed E-state index contributed by atoms with van der Waals surface area (Å²) in [6, 6.07) is 0.134. The standard InChI is InChI=1S/C7H16N2/c1-5(2)7(8)6(3)9-4/h5,7H,8H2,1-4H3. The zero-order valence-corrected chi connectivity index (χ0v) is 6.68. The molecule has 0 spiro atoms. The normalized spacial score (nSPS) is 16.4. The molecule has 54 valence electrons. The van der Waals surface area contributed by atoms with E-state index in [9.17, 15) is 0 Å². The first-order chi connectivity index (χ1) is 4.09. The molecule has 0 radical (unpaired) electrons. The lowest BCUT2D eigenvalue weighted by atomic mass is 10.0. The molecule has 0 aliphatic heterocycles. The molecule has 9 heavy (non-hydrogen) atoms. The summed E-state index contributed by atoms with van der Waals surface area (Å²) in [7, 11) is 1.78. The largest absolute Gasteiger partial charge is 0.323 e. The van der Waals surface area contributed by atoms with E-state index in [1.807, 2.05) is 6.92 Å². The molecule has 1 atom stereocenters. The molecular weight excluding hydrogens is 112 g/mol. The number of nitrogens with two attached hydrogens (primary N) is 1. The van der Waals surface area contributed by atoms with Crippen molar-refractivity contribution < 1.29 is 0 Å². The Morgan fingerprint density at radius 1 is 1.44 bits per heavy atom. The Morgan fingerprint density at radius 2 is 1.89 bits per heavy atom. The van der Waals surface area contributed by atoms with Crippen LogP contribution in [-0.2, 0) is 0 Å². The highest BCUT2D eigenvalue weighted by atomic mass is 14.8. The van der Waals surface area contributed by atoms with Gasteiger partial charge in [-0.25, -0.2) is 0 Å². The van der Waals surface area contributed by atoms with Crippen molar-refractivity contribution in [3.63, 3.8) is 0 Å². The third kappa shape index (κ3) is 2.61. The van der Waals surface area contributed by atoms with E-state index in [0.29, 0.717) is 5.92 Å². The monoisotopic (exact) mass is 128 g/mol. The number of aliphatic imine (C=N–C) groups is 1. The minimum absolute atomic E-state index is 0.134. The van der Waals surface area contributed by atoms with E-state index in [1.54, 1.807) is 7.05 Å². The van der Waals surface area contributed by atoms with Gasteiger partial charge in [0.25, 0.3) is 0 Å². The second-order valence-electron chi connectivity index (χ2n) is 2.63. The van der Waals surface area contributed by atoms with Crippen LogP contribution < -0.4 is 5.73 Å². The van der Waals surface area contributed by atoms with Gasteiger partial charge < -0.3 is 5.73 Å². The van der Waals surface area contributed by atoms with Gasteiger partial charge in [0.15, 0.2) is 0 Å². The SMILES string of the molecule is CN=C(C)C(N)C(C)C. The molecule has 0 aromatic heterocycles. The molecule has 0 aliphatic carbocycles. The summed E-state index contributed by atoms with van der Waals surface area (Å²) in [6.45, 7) is 6.16. The maximum atomic E-state index is 5.74. The van der Waals surface area contributed by atoms with Gasteiger partial charge in [0.2, 0.25) is 0 Å². The second-order valence-corrected chi connectivity index (χ2v) is 2.63. The van der Waals surface area contributed by atoms with Gasteiger partial charge in [0.1, 0.15) is 0 Å². The number of hydrogen-bond donors (Lipinski definition) is 1. The zero-order valence-electron chi connectivity index (χ0n) is 6.68. The van der Waals surface area contributed by atoms with Crippen molar-refractivity contribution in [1.82, 2.24) is 0 Å². The smallest absolute Gasteiger partial charge is 0.0446 e. The molecule has 0 bridgehead atoms. The van der Waals surface area contributed by atoms with E-state index in [0.717, 1.165) is 5.71 Å². The van der Waals surface area contributed by atoms with Gasteiger partial charge in [-0.2, -0.15) is 0 Å². The Bertz CT molecular complexity index is 105. The lowest BCUT2D eigenvalue weighted by Crippen LogP contribution is -2.33. The summed E-state index contributed by atoms with van der Waals surface area (Å²) in [4.78, 5) is 4.00. The van der Waals surface area contributed by atoms with Crippen LogP contribution in [0.25, 0.3) is 0 Å². The first-order valence-electron chi connectivity index (χ1n) is 3.28. The van der Waals surface area contributed by atoms with Crippen LogP contribution in [0, 0.1) is 5.92 Å². The van der Waals surface area contributed by atoms with Gasteiger partial charge >= 0.3 is 0 Å². The van der Waals surface area contributed by atoms with E-state index in [2.05, 4.69) is 18.8 Å². The molecule has 2 nitrogen and oxygen atoms in total. The van der Waals surface area contributed by atoms with E-state index in [-0.39, 0.29) is 6.04 Å². The van der Waals surface area contributed by atoms with Crippen molar-refractivity contribution in [2.75, 3.05) is 7.05 Å². The van der Waals surface area contributed by atoms with Crippen LogP contribution >= 0.6 is 0 Å². The molecule has 2 N–H and O–H groups in total. The fraction of sp³-hybridized carbons (Fsp3) is 0.857. The van der Waals surface area contributed by atoms with Crippen LogP contribution in [-0.4, -0.2) is 18.8 Å². The summed E-state index contributed by atoms with van der Waals surface area (Å²) in [5, 5.41) is 0. The van der Waals surface area contributed by atoms with Crippen molar-refractivity contribution in [2.45, 2.75) is 26.8 Å². The third-order valence-electron chi connectivity index (χ3n) is 1.55. The highest BCUT2D eigenvalue weighted by molar-refractivity contribution is 5.87. The van der Waals surface area contributed by atoms with Crippen LogP contribution in [0.5, 0.6) is 0 Å². The van der Waals surface area contributed by atoms with Crippen LogP contribution in [0.2, 0.25) is 0 Å². The van der Waals surface area contributed by atoms with Crippen LogP contribution in [0.15, 0.2) is 4.99 Å².